The Morgan fingerprint density at radius 1 is 0.962 bits per heavy atom. The molecule has 0 aliphatic carbocycles. The molecular weight excluding hydrogens is 429 g/mol. The highest BCUT2D eigenvalue weighted by molar-refractivity contribution is 7.80. The highest BCUT2D eigenvalue weighted by Gasteiger charge is 2.44. The molecule has 1 atom stereocenters. The van der Waals surface area contributed by atoms with Crippen LogP contribution in [0.4, 0.5) is 26.3 Å². The number of halogens is 8. The topological polar surface area (TPSA) is 48.5 Å². The van der Waals surface area contributed by atoms with Crippen LogP contribution in [0.1, 0.15) is 11.1 Å². The van der Waals surface area contributed by atoms with E-state index < -0.39 is 45.5 Å². The number of rotatable bonds is 1. The molecule has 0 saturated carbocycles. The van der Waals surface area contributed by atoms with Crippen LogP contribution in [0.2, 0.25) is 10.0 Å². The van der Waals surface area contributed by atoms with Crippen molar-refractivity contribution in [2.45, 2.75) is 18.5 Å². The average Bonchev–Trinajstić information content (AvgIpc) is 2.86. The van der Waals surface area contributed by atoms with Gasteiger partial charge in [0.1, 0.15) is 11.5 Å². The van der Waals surface area contributed by atoms with Gasteiger partial charge in [-0.25, -0.2) is 4.99 Å². The van der Waals surface area contributed by atoms with Crippen LogP contribution in [0.25, 0.3) is 0 Å². The first-order chi connectivity index (χ1) is 11.9. The van der Waals surface area contributed by atoms with E-state index in [9.17, 15) is 26.3 Å². The lowest BCUT2D eigenvalue weighted by Gasteiger charge is -2.26. The lowest BCUT2D eigenvalue weighted by atomic mass is 10.1. The van der Waals surface area contributed by atoms with Crippen molar-refractivity contribution in [1.82, 2.24) is 16.0 Å². The van der Waals surface area contributed by atoms with Crippen molar-refractivity contribution in [3.63, 3.8) is 0 Å². The molecule has 2 heterocycles. The van der Waals surface area contributed by atoms with E-state index in [1.54, 1.807) is 0 Å². The maximum absolute atomic E-state index is 13.1. The van der Waals surface area contributed by atoms with Gasteiger partial charge in [-0.3, -0.25) is 0 Å². The zero-order chi connectivity index (χ0) is 19.4. The predicted octanol–water partition coefficient (Wildman–Crippen LogP) is 3.94. The number of hydrogen-bond donors (Lipinski definition) is 3. The second-order valence-corrected chi connectivity index (χ2v) is 6.43. The van der Waals surface area contributed by atoms with Crippen LogP contribution in [-0.4, -0.2) is 23.3 Å². The highest BCUT2D eigenvalue weighted by atomic mass is 35.5. The largest absolute Gasteiger partial charge is 0.433 e. The number of fused-ring (bicyclic) bond motifs is 1. The molecule has 26 heavy (non-hydrogen) atoms. The molecular formula is C13H6Cl2F6N4S. The highest BCUT2D eigenvalue weighted by Crippen LogP contribution is 2.37. The van der Waals surface area contributed by atoms with Gasteiger partial charge in [-0.1, -0.05) is 23.2 Å². The summed E-state index contributed by atoms with van der Waals surface area (Å²) in [6, 6.07) is 1.23. The molecule has 0 radical (unpaired) electrons. The number of amidine groups is 1. The van der Waals surface area contributed by atoms with Gasteiger partial charge in [-0.2, -0.15) is 26.3 Å². The fraction of sp³-hybridized carbons (Fsp3) is 0.231. The lowest BCUT2D eigenvalue weighted by Crippen LogP contribution is -2.51. The quantitative estimate of drug-likeness (QED) is 0.462. The molecule has 3 N–H and O–H groups in total. The molecule has 0 saturated heterocycles. The summed E-state index contributed by atoms with van der Waals surface area (Å²) in [6.07, 6.45) is -10.6. The second kappa shape index (κ2) is 6.17. The minimum Gasteiger partial charge on any atom is -0.338 e. The monoisotopic (exact) mass is 434 g/mol. The number of aliphatic imine (C=N–C) groups is 1. The minimum absolute atomic E-state index is 0.155. The van der Waals surface area contributed by atoms with Gasteiger partial charge in [0.15, 0.2) is 11.3 Å². The second-order valence-electron chi connectivity index (χ2n) is 5.20. The number of hydrogen-bond acceptors (Lipinski definition) is 3. The molecule has 4 nitrogen and oxygen atoms in total. The van der Waals surface area contributed by atoms with Gasteiger partial charge in [0, 0.05) is 0 Å². The smallest absolute Gasteiger partial charge is 0.338 e. The van der Waals surface area contributed by atoms with Gasteiger partial charge in [-0.05, 0) is 24.4 Å². The molecule has 1 aromatic rings. The Morgan fingerprint density at radius 2 is 1.54 bits per heavy atom. The van der Waals surface area contributed by atoms with Crippen molar-refractivity contribution < 1.29 is 26.3 Å². The van der Waals surface area contributed by atoms with Crippen LogP contribution in [0, 0.1) is 0 Å². The predicted molar refractivity (Wildman–Crippen MR) is 86.9 cm³/mol. The molecule has 3 rings (SSSR count). The Balaban J connectivity index is 2.06. The van der Waals surface area contributed by atoms with Crippen LogP contribution < -0.4 is 16.0 Å². The summed E-state index contributed by atoms with van der Waals surface area (Å²) in [5, 5.41) is 5.75. The number of thiocarbonyl (C=S) groups is 1. The normalized spacial score (nSPS) is 20.2. The van der Waals surface area contributed by atoms with Crippen LogP contribution in [0.5, 0.6) is 0 Å². The molecule has 0 fully saturated rings. The molecule has 0 aromatic heterocycles. The number of allylic oxidation sites excluding steroid dienone is 1. The van der Waals surface area contributed by atoms with Crippen LogP contribution in [0.15, 0.2) is 28.5 Å². The summed E-state index contributed by atoms with van der Waals surface area (Å²) in [6.45, 7) is 0. The molecule has 1 unspecified atom stereocenters. The first-order valence-electron chi connectivity index (χ1n) is 6.68. The van der Waals surface area contributed by atoms with Crippen molar-refractivity contribution in [3.8, 4) is 0 Å². The van der Waals surface area contributed by atoms with E-state index in [2.05, 4.69) is 15.6 Å². The lowest BCUT2D eigenvalue weighted by molar-refractivity contribution is -0.137. The summed E-state index contributed by atoms with van der Waals surface area (Å²) in [5.74, 6) is -0.213. The van der Waals surface area contributed by atoms with E-state index in [1.807, 2.05) is 5.32 Å². The van der Waals surface area contributed by atoms with Crippen molar-refractivity contribution >= 4 is 46.4 Å². The summed E-state index contributed by atoms with van der Waals surface area (Å²) in [5.41, 5.74) is -2.81. The maximum atomic E-state index is 13.1. The standard InChI is InChI=1S/C13H6Cl2F6N4S/c14-4-1-3(12(16,17)18)2-5(15)6(4)9-22-7-8(13(19,20)21)23-11(26)25-10(7)24-9/h1-2,10H,(H,22,24)(H2,23,25,26). The van der Waals surface area contributed by atoms with E-state index in [0.29, 0.717) is 12.1 Å². The summed E-state index contributed by atoms with van der Waals surface area (Å²) in [4.78, 5) is 3.97. The average molecular weight is 435 g/mol. The van der Waals surface area contributed by atoms with Gasteiger partial charge in [0.25, 0.3) is 0 Å². The number of alkyl halides is 6. The van der Waals surface area contributed by atoms with Crippen LogP contribution >= 0.6 is 35.4 Å². The Morgan fingerprint density at radius 3 is 2.04 bits per heavy atom. The third kappa shape index (κ3) is 3.42. The Bertz CT molecular complexity index is 838. The van der Waals surface area contributed by atoms with E-state index in [-0.39, 0.29) is 16.5 Å². The van der Waals surface area contributed by atoms with Gasteiger partial charge < -0.3 is 16.0 Å². The third-order valence-electron chi connectivity index (χ3n) is 3.45. The van der Waals surface area contributed by atoms with Crippen molar-refractivity contribution in [3.05, 3.63) is 44.7 Å². The first kappa shape index (κ1) is 19.1. The minimum atomic E-state index is -4.76. The van der Waals surface area contributed by atoms with Crippen molar-refractivity contribution in [2.75, 3.05) is 0 Å². The van der Waals surface area contributed by atoms with Crippen LogP contribution in [0.3, 0.4) is 0 Å². The molecule has 2 aliphatic rings. The first-order valence-corrected chi connectivity index (χ1v) is 7.84. The van der Waals surface area contributed by atoms with Gasteiger partial charge in [0.2, 0.25) is 0 Å². The fourth-order valence-electron chi connectivity index (χ4n) is 2.38. The summed E-state index contributed by atoms with van der Waals surface area (Å²) >= 11 is 16.4. The molecule has 0 spiro atoms. The van der Waals surface area contributed by atoms with Gasteiger partial charge >= 0.3 is 12.4 Å². The third-order valence-corrected chi connectivity index (χ3v) is 4.27. The zero-order valence-corrected chi connectivity index (χ0v) is 14.4. The molecule has 0 bridgehead atoms. The van der Waals surface area contributed by atoms with E-state index in [1.165, 1.54) is 0 Å². The number of nitrogens with zero attached hydrogens (tertiary/aromatic N) is 1. The maximum Gasteiger partial charge on any atom is 0.433 e. The molecule has 2 aliphatic heterocycles. The van der Waals surface area contributed by atoms with E-state index >= 15 is 0 Å². The molecule has 1 aromatic carbocycles. The number of nitrogens with one attached hydrogen (secondary N) is 3. The Hall–Kier alpha value is -1.72. The van der Waals surface area contributed by atoms with Gasteiger partial charge in [-0.15, -0.1) is 0 Å². The Labute approximate surface area is 157 Å². The molecule has 0 amide bonds. The van der Waals surface area contributed by atoms with E-state index in [0.717, 1.165) is 0 Å². The van der Waals surface area contributed by atoms with E-state index in [4.69, 9.17) is 35.4 Å². The zero-order valence-electron chi connectivity index (χ0n) is 12.1. The molecule has 13 heteroatoms. The Kier molecular flexibility index (Phi) is 4.52. The summed E-state index contributed by atoms with van der Waals surface area (Å²) < 4.78 is 77.8. The van der Waals surface area contributed by atoms with Crippen molar-refractivity contribution in [2.24, 2.45) is 4.99 Å². The number of benzene rings is 1. The molecule has 140 valence electrons. The van der Waals surface area contributed by atoms with Crippen LogP contribution in [-0.2, 0) is 6.18 Å². The van der Waals surface area contributed by atoms with Gasteiger partial charge in [0.05, 0.1) is 26.9 Å². The SMILES string of the molecule is FC(F)(F)C1=C2NC(c3c(Cl)cc(C(F)(F)F)cc3Cl)=NC2NC(=S)N1. The fourth-order valence-corrected chi connectivity index (χ4v) is 3.26. The summed E-state index contributed by atoms with van der Waals surface area (Å²) in [7, 11) is 0. The van der Waals surface area contributed by atoms with Crippen molar-refractivity contribution in [1.29, 1.82) is 0 Å².